The summed E-state index contributed by atoms with van der Waals surface area (Å²) in [5, 5.41) is 3.06. The van der Waals surface area contributed by atoms with E-state index < -0.39 is 0 Å². The Kier molecular flexibility index (Phi) is 6.67. The van der Waals surface area contributed by atoms with Crippen LogP contribution in [0, 0.1) is 0 Å². The van der Waals surface area contributed by atoms with Crippen molar-refractivity contribution in [2.24, 2.45) is 0 Å². The Labute approximate surface area is 159 Å². The molecule has 2 heterocycles. The Morgan fingerprint density at radius 1 is 1.15 bits per heavy atom. The van der Waals surface area contributed by atoms with Crippen molar-refractivity contribution in [2.75, 3.05) is 51.8 Å². The van der Waals surface area contributed by atoms with Gasteiger partial charge in [-0.1, -0.05) is 0 Å². The van der Waals surface area contributed by atoms with Crippen LogP contribution in [-0.2, 0) is 9.53 Å². The molecule has 0 spiro atoms. The third kappa shape index (κ3) is 5.28. The zero-order chi connectivity index (χ0) is 18.4. The van der Waals surface area contributed by atoms with Crippen molar-refractivity contribution in [3.05, 3.63) is 18.2 Å². The molecular weight excluding hydrogens is 352 g/mol. The van der Waals surface area contributed by atoms with Crippen LogP contribution in [0.5, 0.6) is 11.5 Å². The standard InChI is InChI=1S/C19H28N2O4S/c1-19(2,21-6-10-23-11-7-21)14-20-18(22)13-26-15-4-5-16-17(12-15)25-9-3-8-24-16/h4-5,12H,3,6-11,13-14H2,1-2H3,(H,20,22). The Hall–Kier alpha value is -1.44. The molecule has 0 aliphatic carbocycles. The van der Waals surface area contributed by atoms with Crippen LogP contribution in [-0.4, -0.2) is 68.2 Å². The van der Waals surface area contributed by atoms with E-state index in [-0.39, 0.29) is 11.4 Å². The number of benzene rings is 1. The lowest BCUT2D eigenvalue weighted by atomic mass is 10.0. The zero-order valence-corrected chi connectivity index (χ0v) is 16.4. The van der Waals surface area contributed by atoms with Crippen molar-refractivity contribution >= 4 is 17.7 Å². The van der Waals surface area contributed by atoms with Crippen LogP contribution in [0.2, 0.25) is 0 Å². The summed E-state index contributed by atoms with van der Waals surface area (Å²) in [5.41, 5.74) is -0.0701. The predicted octanol–water partition coefficient (Wildman–Crippen LogP) is 2.17. The molecule has 1 N–H and O–H groups in total. The number of carbonyl (C=O) groups excluding carboxylic acids is 1. The molecule has 26 heavy (non-hydrogen) atoms. The van der Waals surface area contributed by atoms with Gasteiger partial charge in [0.15, 0.2) is 11.5 Å². The Morgan fingerprint density at radius 2 is 1.88 bits per heavy atom. The van der Waals surface area contributed by atoms with E-state index >= 15 is 0 Å². The van der Waals surface area contributed by atoms with Gasteiger partial charge in [0.25, 0.3) is 0 Å². The maximum atomic E-state index is 12.3. The lowest BCUT2D eigenvalue weighted by molar-refractivity contribution is -0.119. The smallest absolute Gasteiger partial charge is 0.230 e. The molecular formula is C19H28N2O4S. The van der Waals surface area contributed by atoms with Crippen LogP contribution in [0.15, 0.2) is 23.1 Å². The Bertz CT molecular complexity index is 618. The largest absolute Gasteiger partial charge is 0.490 e. The van der Waals surface area contributed by atoms with Crippen LogP contribution in [0.1, 0.15) is 20.3 Å². The van der Waals surface area contributed by atoms with Crippen molar-refractivity contribution < 1.29 is 19.0 Å². The monoisotopic (exact) mass is 380 g/mol. The minimum Gasteiger partial charge on any atom is -0.490 e. The summed E-state index contributed by atoms with van der Waals surface area (Å²) < 4.78 is 16.7. The number of fused-ring (bicyclic) bond motifs is 1. The molecule has 3 rings (SSSR count). The molecule has 0 saturated carbocycles. The van der Waals surface area contributed by atoms with Crippen LogP contribution in [0.3, 0.4) is 0 Å². The van der Waals surface area contributed by atoms with Crippen molar-refractivity contribution in [1.82, 2.24) is 10.2 Å². The van der Waals surface area contributed by atoms with E-state index in [1.54, 1.807) is 0 Å². The topological polar surface area (TPSA) is 60.0 Å². The molecule has 1 fully saturated rings. The summed E-state index contributed by atoms with van der Waals surface area (Å²) in [6.45, 7) is 9.65. The average Bonchev–Trinajstić information content (AvgIpc) is 2.90. The van der Waals surface area contributed by atoms with Crippen LogP contribution < -0.4 is 14.8 Å². The normalized spacial score (nSPS) is 18.2. The van der Waals surface area contributed by atoms with E-state index in [1.165, 1.54) is 11.8 Å². The molecule has 1 saturated heterocycles. The third-order valence-corrected chi connectivity index (χ3v) is 5.67. The molecule has 2 aliphatic rings. The fourth-order valence-electron chi connectivity index (χ4n) is 3.03. The van der Waals surface area contributed by atoms with Gasteiger partial charge >= 0.3 is 0 Å². The van der Waals surface area contributed by atoms with Crippen molar-refractivity contribution in [2.45, 2.75) is 30.7 Å². The van der Waals surface area contributed by atoms with Crippen molar-refractivity contribution in [1.29, 1.82) is 0 Å². The molecule has 0 atom stereocenters. The number of ether oxygens (including phenoxy) is 3. The molecule has 7 heteroatoms. The summed E-state index contributed by atoms with van der Waals surface area (Å²) in [5.74, 6) is 1.98. The number of amides is 1. The molecule has 144 valence electrons. The summed E-state index contributed by atoms with van der Waals surface area (Å²) in [6, 6.07) is 5.85. The maximum Gasteiger partial charge on any atom is 0.230 e. The quantitative estimate of drug-likeness (QED) is 0.764. The molecule has 0 radical (unpaired) electrons. The molecule has 6 nitrogen and oxygen atoms in total. The number of morpholine rings is 1. The van der Waals surface area contributed by atoms with E-state index in [4.69, 9.17) is 14.2 Å². The first-order valence-corrected chi connectivity index (χ1v) is 10.2. The highest BCUT2D eigenvalue weighted by molar-refractivity contribution is 8.00. The van der Waals surface area contributed by atoms with Crippen molar-refractivity contribution in [3.63, 3.8) is 0 Å². The predicted molar refractivity (Wildman–Crippen MR) is 102 cm³/mol. The van der Waals surface area contributed by atoms with Gasteiger partial charge in [-0.15, -0.1) is 11.8 Å². The molecule has 1 amide bonds. The Balaban J connectivity index is 1.46. The number of thioether (sulfide) groups is 1. The van der Waals surface area contributed by atoms with Gasteiger partial charge in [-0.2, -0.15) is 0 Å². The van der Waals surface area contributed by atoms with Gasteiger partial charge in [0, 0.05) is 36.5 Å². The van der Waals surface area contributed by atoms with Crippen LogP contribution in [0.25, 0.3) is 0 Å². The van der Waals surface area contributed by atoms with Crippen molar-refractivity contribution in [3.8, 4) is 11.5 Å². The van der Waals surface area contributed by atoms with Gasteiger partial charge in [-0.05, 0) is 32.0 Å². The summed E-state index contributed by atoms with van der Waals surface area (Å²) in [6.07, 6.45) is 0.887. The van der Waals surface area contributed by atoms with E-state index in [0.29, 0.717) is 25.5 Å². The molecule has 0 bridgehead atoms. The summed E-state index contributed by atoms with van der Waals surface area (Å²) in [7, 11) is 0. The summed E-state index contributed by atoms with van der Waals surface area (Å²) >= 11 is 1.51. The first-order chi connectivity index (χ1) is 12.5. The first-order valence-electron chi connectivity index (χ1n) is 9.16. The molecule has 0 unspecified atom stereocenters. The number of rotatable bonds is 6. The van der Waals surface area contributed by atoms with Gasteiger partial charge in [0.2, 0.25) is 5.91 Å². The first kappa shape index (κ1) is 19.3. The molecule has 0 aromatic heterocycles. The number of hydrogen-bond acceptors (Lipinski definition) is 6. The highest BCUT2D eigenvalue weighted by atomic mass is 32.2. The number of nitrogens with one attached hydrogen (secondary N) is 1. The van der Waals surface area contributed by atoms with Crippen LogP contribution in [0.4, 0.5) is 0 Å². The second kappa shape index (κ2) is 8.97. The Morgan fingerprint density at radius 3 is 2.65 bits per heavy atom. The lowest BCUT2D eigenvalue weighted by Gasteiger charge is -2.40. The lowest BCUT2D eigenvalue weighted by Crippen LogP contribution is -2.55. The highest BCUT2D eigenvalue weighted by Gasteiger charge is 2.28. The van der Waals surface area contributed by atoms with E-state index in [0.717, 1.165) is 49.1 Å². The molecule has 1 aromatic rings. The van der Waals surface area contributed by atoms with Crippen LogP contribution >= 0.6 is 11.8 Å². The van der Waals surface area contributed by atoms with E-state index in [2.05, 4.69) is 24.1 Å². The van der Waals surface area contributed by atoms with Gasteiger partial charge in [0.1, 0.15) is 0 Å². The zero-order valence-electron chi connectivity index (χ0n) is 15.6. The van der Waals surface area contributed by atoms with E-state index in [9.17, 15) is 4.79 Å². The van der Waals surface area contributed by atoms with Gasteiger partial charge < -0.3 is 19.5 Å². The highest BCUT2D eigenvalue weighted by Crippen LogP contribution is 2.33. The maximum absolute atomic E-state index is 12.3. The average molecular weight is 381 g/mol. The van der Waals surface area contributed by atoms with Gasteiger partial charge in [0.05, 0.1) is 32.2 Å². The fourth-order valence-corrected chi connectivity index (χ4v) is 3.78. The van der Waals surface area contributed by atoms with Gasteiger partial charge in [-0.25, -0.2) is 0 Å². The molecule has 1 aromatic carbocycles. The number of hydrogen-bond donors (Lipinski definition) is 1. The fraction of sp³-hybridized carbons (Fsp3) is 0.632. The third-order valence-electron chi connectivity index (χ3n) is 4.67. The van der Waals surface area contributed by atoms with E-state index in [1.807, 2.05) is 18.2 Å². The number of nitrogens with zero attached hydrogens (tertiary/aromatic N) is 1. The summed E-state index contributed by atoms with van der Waals surface area (Å²) in [4.78, 5) is 15.6. The second-order valence-corrected chi connectivity index (χ2v) is 8.19. The molecule has 2 aliphatic heterocycles. The minimum atomic E-state index is -0.0701. The second-order valence-electron chi connectivity index (χ2n) is 7.14. The SMILES string of the molecule is CC(C)(CNC(=O)CSc1ccc2c(c1)OCCCO2)N1CCOCC1. The minimum absolute atomic E-state index is 0.0449. The van der Waals surface area contributed by atoms with Gasteiger partial charge in [-0.3, -0.25) is 9.69 Å². The number of carbonyl (C=O) groups is 1.